The molecule has 0 bridgehead atoms. The molecule has 108 valence electrons. The van der Waals surface area contributed by atoms with Crippen molar-refractivity contribution in [3.63, 3.8) is 0 Å². The van der Waals surface area contributed by atoms with E-state index in [9.17, 15) is 9.18 Å². The van der Waals surface area contributed by atoms with Crippen molar-refractivity contribution in [2.24, 2.45) is 11.1 Å². The van der Waals surface area contributed by atoms with E-state index in [4.69, 9.17) is 5.73 Å². The van der Waals surface area contributed by atoms with Crippen LogP contribution in [0.25, 0.3) is 0 Å². The molecule has 20 heavy (non-hydrogen) atoms. The van der Waals surface area contributed by atoms with Crippen LogP contribution >= 0.6 is 0 Å². The molecular formula is C16H21FN2O. The first-order valence-corrected chi connectivity index (χ1v) is 6.55. The Hall–Kier alpha value is -1.86. The standard InChI is InChI=1S/C16H21FN2O/c1-11(16(2,3)4)19-15(20)13-8-7-12(6-5-9-18)10-14(13)17/h7-8,10-11H,9,18H2,1-4H3,(H,19,20). The van der Waals surface area contributed by atoms with Gasteiger partial charge in [0.25, 0.3) is 5.91 Å². The second kappa shape index (κ2) is 6.53. The van der Waals surface area contributed by atoms with E-state index in [-0.39, 0.29) is 23.6 Å². The van der Waals surface area contributed by atoms with Gasteiger partial charge in [-0.3, -0.25) is 4.79 Å². The van der Waals surface area contributed by atoms with Crippen LogP contribution in [-0.4, -0.2) is 18.5 Å². The Bertz CT molecular complexity index is 550. The normalized spacial score (nSPS) is 12.3. The van der Waals surface area contributed by atoms with E-state index in [1.165, 1.54) is 12.1 Å². The number of amides is 1. The first kappa shape index (κ1) is 16.2. The molecule has 3 N–H and O–H groups in total. The van der Waals surface area contributed by atoms with E-state index >= 15 is 0 Å². The van der Waals surface area contributed by atoms with E-state index in [2.05, 4.69) is 17.2 Å². The maximum Gasteiger partial charge on any atom is 0.254 e. The summed E-state index contributed by atoms with van der Waals surface area (Å²) in [7, 11) is 0. The predicted molar refractivity (Wildman–Crippen MR) is 78.7 cm³/mol. The average molecular weight is 276 g/mol. The maximum atomic E-state index is 13.9. The Morgan fingerprint density at radius 3 is 2.60 bits per heavy atom. The van der Waals surface area contributed by atoms with E-state index in [0.29, 0.717) is 5.56 Å². The van der Waals surface area contributed by atoms with Gasteiger partial charge >= 0.3 is 0 Å². The summed E-state index contributed by atoms with van der Waals surface area (Å²) in [6.07, 6.45) is 0. The molecule has 0 fully saturated rings. The fourth-order valence-corrected chi connectivity index (χ4v) is 1.42. The topological polar surface area (TPSA) is 55.1 Å². The number of hydrogen-bond acceptors (Lipinski definition) is 2. The molecule has 0 saturated heterocycles. The SMILES string of the molecule is CC(NC(=O)c1ccc(C#CCN)cc1F)C(C)(C)C. The van der Waals surface area contributed by atoms with Crippen molar-refractivity contribution in [3.8, 4) is 11.8 Å². The van der Waals surface area contributed by atoms with Gasteiger partial charge in [0.1, 0.15) is 5.82 Å². The molecule has 0 radical (unpaired) electrons. The molecule has 1 amide bonds. The van der Waals surface area contributed by atoms with Crippen LogP contribution in [0.1, 0.15) is 43.6 Å². The van der Waals surface area contributed by atoms with Crippen molar-refractivity contribution in [2.45, 2.75) is 33.7 Å². The molecule has 1 aromatic rings. The Morgan fingerprint density at radius 1 is 1.45 bits per heavy atom. The number of hydrogen-bond donors (Lipinski definition) is 2. The monoisotopic (exact) mass is 276 g/mol. The second-order valence-electron chi connectivity index (χ2n) is 5.76. The molecule has 0 saturated carbocycles. The highest BCUT2D eigenvalue weighted by atomic mass is 19.1. The van der Waals surface area contributed by atoms with Gasteiger partial charge in [0.05, 0.1) is 12.1 Å². The number of rotatable bonds is 2. The third kappa shape index (κ3) is 4.36. The number of carbonyl (C=O) groups excluding carboxylic acids is 1. The molecule has 3 nitrogen and oxygen atoms in total. The smallest absolute Gasteiger partial charge is 0.254 e. The number of nitrogens with two attached hydrogens (primary N) is 1. The highest BCUT2D eigenvalue weighted by Crippen LogP contribution is 2.19. The zero-order valence-corrected chi connectivity index (χ0v) is 12.4. The lowest BCUT2D eigenvalue weighted by Crippen LogP contribution is -2.41. The summed E-state index contributed by atoms with van der Waals surface area (Å²) in [5.74, 6) is 4.38. The summed E-state index contributed by atoms with van der Waals surface area (Å²) in [6, 6.07) is 4.24. The van der Waals surface area contributed by atoms with Crippen molar-refractivity contribution >= 4 is 5.91 Å². The van der Waals surface area contributed by atoms with Gasteiger partial charge in [0.2, 0.25) is 0 Å². The minimum absolute atomic E-state index is 0.0272. The highest BCUT2D eigenvalue weighted by molar-refractivity contribution is 5.94. The summed E-state index contributed by atoms with van der Waals surface area (Å²) in [5, 5.41) is 2.80. The molecule has 0 aliphatic carbocycles. The summed E-state index contributed by atoms with van der Waals surface area (Å²) >= 11 is 0. The molecule has 4 heteroatoms. The summed E-state index contributed by atoms with van der Waals surface area (Å²) in [5.41, 5.74) is 5.71. The van der Waals surface area contributed by atoms with Crippen molar-refractivity contribution in [3.05, 3.63) is 35.1 Å². The third-order valence-corrected chi connectivity index (χ3v) is 3.20. The minimum atomic E-state index is -0.576. The van der Waals surface area contributed by atoms with Crippen molar-refractivity contribution in [2.75, 3.05) is 6.54 Å². The van der Waals surface area contributed by atoms with Crippen LogP contribution in [0, 0.1) is 23.1 Å². The molecule has 0 spiro atoms. The number of halogens is 1. The van der Waals surface area contributed by atoms with Gasteiger partial charge in [-0.1, -0.05) is 32.6 Å². The molecule has 1 unspecified atom stereocenters. The molecule has 0 aliphatic heterocycles. The van der Waals surface area contributed by atoms with E-state index in [0.717, 1.165) is 0 Å². The van der Waals surface area contributed by atoms with E-state index in [1.807, 2.05) is 27.7 Å². The van der Waals surface area contributed by atoms with Gasteiger partial charge in [-0.2, -0.15) is 0 Å². The van der Waals surface area contributed by atoms with E-state index in [1.54, 1.807) is 6.07 Å². The van der Waals surface area contributed by atoms with Gasteiger partial charge in [-0.25, -0.2) is 4.39 Å². The van der Waals surface area contributed by atoms with Crippen LogP contribution in [-0.2, 0) is 0 Å². The molecule has 0 heterocycles. The third-order valence-electron chi connectivity index (χ3n) is 3.20. The molecule has 1 rings (SSSR count). The van der Waals surface area contributed by atoms with Gasteiger partial charge in [0.15, 0.2) is 0 Å². The molecular weight excluding hydrogens is 255 g/mol. The zero-order valence-electron chi connectivity index (χ0n) is 12.4. The number of carbonyl (C=O) groups is 1. The lowest BCUT2D eigenvalue weighted by Gasteiger charge is -2.28. The Balaban J connectivity index is 2.90. The van der Waals surface area contributed by atoms with Gasteiger partial charge in [-0.05, 0) is 30.5 Å². The van der Waals surface area contributed by atoms with Crippen LogP contribution in [0.5, 0.6) is 0 Å². The average Bonchev–Trinajstić information content (AvgIpc) is 2.35. The quantitative estimate of drug-likeness (QED) is 0.814. The fraction of sp³-hybridized carbons (Fsp3) is 0.438. The number of nitrogens with one attached hydrogen (secondary N) is 1. The van der Waals surface area contributed by atoms with Crippen LogP contribution in [0.3, 0.4) is 0 Å². The van der Waals surface area contributed by atoms with Crippen molar-refractivity contribution in [1.82, 2.24) is 5.32 Å². The Labute approximate surface area is 119 Å². The lowest BCUT2D eigenvalue weighted by molar-refractivity contribution is 0.0906. The summed E-state index contributed by atoms with van der Waals surface area (Å²) in [4.78, 5) is 12.0. The zero-order chi connectivity index (χ0) is 15.3. The van der Waals surface area contributed by atoms with Crippen LogP contribution in [0.2, 0.25) is 0 Å². The van der Waals surface area contributed by atoms with Crippen LogP contribution in [0.4, 0.5) is 4.39 Å². The Morgan fingerprint density at radius 2 is 2.10 bits per heavy atom. The predicted octanol–water partition coefficient (Wildman–Crippen LogP) is 2.30. The second-order valence-corrected chi connectivity index (χ2v) is 5.76. The van der Waals surface area contributed by atoms with Crippen LogP contribution in [0.15, 0.2) is 18.2 Å². The van der Waals surface area contributed by atoms with Crippen molar-refractivity contribution < 1.29 is 9.18 Å². The Kier molecular flexibility index (Phi) is 5.29. The summed E-state index contributed by atoms with van der Waals surface area (Å²) in [6.45, 7) is 8.16. The molecule has 1 atom stereocenters. The van der Waals surface area contributed by atoms with Gasteiger partial charge in [0, 0.05) is 11.6 Å². The van der Waals surface area contributed by atoms with Gasteiger partial charge in [-0.15, -0.1) is 0 Å². The van der Waals surface area contributed by atoms with Gasteiger partial charge < -0.3 is 11.1 Å². The summed E-state index contributed by atoms with van der Waals surface area (Å²) < 4.78 is 13.9. The maximum absolute atomic E-state index is 13.9. The highest BCUT2D eigenvalue weighted by Gasteiger charge is 2.23. The molecule has 1 aromatic carbocycles. The first-order valence-electron chi connectivity index (χ1n) is 6.55. The molecule has 0 aliphatic rings. The lowest BCUT2D eigenvalue weighted by atomic mass is 9.88. The van der Waals surface area contributed by atoms with Crippen LogP contribution < -0.4 is 11.1 Å². The minimum Gasteiger partial charge on any atom is -0.349 e. The largest absolute Gasteiger partial charge is 0.349 e. The number of benzene rings is 1. The van der Waals surface area contributed by atoms with E-state index < -0.39 is 11.7 Å². The molecule has 0 aromatic heterocycles. The van der Waals surface area contributed by atoms with Crippen molar-refractivity contribution in [1.29, 1.82) is 0 Å². The first-order chi connectivity index (χ1) is 9.25. The fourth-order valence-electron chi connectivity index (χ4n) is 1.42.